The van der Waals surface area contributed by atoms with Crippen LogP contribution in [0.5, 0.6) is 0 Å². The van der Waals surface area contributed by atoms with Gasteiger partial charge in [0.2, 0.25) is 5.91 Å². The molecule has 0 spiro atoms. The lowest BCUT2D eigenvalue weighted by Crippen LogP contribution is -2.37. The molecular formula is C19H23N5O2. The lowest BCUT2D eigenvalue weighted by Gasteiger charge is -2.31. The molecule has 0 aromatic carbocycles. The van der Waals surface area contributed by atoms with Crippen molar-refractivity contribution in [3.63, 3.8) is 0 Å². The average molecular weight is 353 g/mol. The Morgan fingerprint density at radius 2 is 1.88 bits per heavy atom. The zero-order valence-electron chi connectivity index (χ0n) is 15.1. The van der Waals surface area contributed by atoms with Gasteiger partial charge in [0, 0.05) is 50.2 Å². The van der Waals surface area contributed by atoms with Crippen molar-refractivity contribution < 1.29 is 9.59 Å². The number of carbonyl (C=O) groups excluding carboxylic acids is 2. The molecule has 3 rings (SSSR count). The molecule has 2 aromatic heterocycles. The van der Waals surface area contributed by atoms with Crippen molar-refractivity contribution in [3.8, 4) is 0 Å². The Bertz CT molecular complexity index is 783. The van der Waals surface area contributed by atoms with E-state index in [1.165, 1.54) is 0 Å². The zero-order valence-corrected chi connectivity index (χ0v) is 15.1. The van der Waals surface area contributed by atoms with Crippen LogP contribution in [0.25, 0.3) is 0 Å². The summed E-state index contributed by atoms with van der Waals surface area (Å²) in [5.74, 6) is 0.189. The maximum absolute atomic E-state index is 12.3. The quantitative estimate of drug-likeness (QED) is 0.906. The summed E-state index contributed by atoms with van der Waals surface area (Å²) < 4.78 is 0. The minimum Gasteiger partial charge on any atom is -0.346 e. The van der Waals surface area contributed by atoms with E-state index < -0.39 is 0 Å². The van der Waals surface area contributed by atoms with Gasteiger partial charge in [-0.15, -0.1) is 0 Å². The molecule has 136 valence electrons. The first-order valence-electron chi connectivity index (χ1n) is 8.80. The fraction of sp³-hybridized carbons (Fsp3) is 0.421. The van der Waals surface area contributed by atoms with Gasteiger partial charge in [-0.3, -0.25) is 24.5 Å². The molecule has 0 bridgehead atoms. The van der Waals surface area contributed by atoms with Crippen LogP contribution in [0.2, 0.25) is 0 Å². The molecule has 2 amide bonds. The summed E-state index contributed by atoms with van der Waals surface area (Å²) in [5.41, 5.74) is 3.09. The van der Waals surface area contributed by atoms with Gasteiger partial charge in [0.15, 0.2) is 0 Å². The number of likely N-dealkylation sites (tertiary alicyclic amines) is 1. The van der Waals surface area contributed by atoms with Gasteiger partial charge in [0.25, 0.3) is 5.91 Å². The highest BCUT2D eigenvalue weighted by Crippen LogP contribution is 2.28. The number of pyridine rings is 1. The SMILES string of the molecule is CC(=O)N1CCC(c2nccnc2CNC(=O)c2ccc(C)nc2)CC1. The fourth-order valence-electron chi connectivity index (χ4n) is 3.19. The van der Waals surface area contributed by atoms with E-state index in [1.54, 1.807) is 31.6 Å². The number of carbonyl (C=O) groups is 2. The molecule has 2 aromatic rings. The largest absolute Gasteiger partial charge is 0.346 e. The highest BCUT2D eigenvalue weighted by molar-refractivity contribution is 5.93. The number of rotatable bonds is 4. The third-order valence-corrected chi connectivity index (χ3v) is 4.72. The van der Waals surface area contributed by atoms with E-state index in [-0.39, 0.29) is 17.7 Å². The summed E-state index contributed by atoms with van der Waals surface area (Å²) in [5, 5.41) is 2.90. The Morgan fingerprint density at radius 1 is 1.15 bits per heavy atom. The number of aryl methyl sites for hydroxylation is 1. The standard InChI is InChI=1S/C19H23N5O2/c1-13-3-4-16(11-22-13)19(26)23-12-17-18(21-8-7-20-17)15-5-9-24(10-6-15)14(2)25/h3-4,7-8,11,15H,5-6,9-10,12H2,1-2H3,(H,23,26). The smallest absolute Gasteiger partial charge is 0.253 e. The van der Waals surface area contributed by atoms with Crippen molar-refractivity contribution in [1.82, 2.24) is 25.2 Å². The molecule has 1 aliphatic heterocycles. The van der Waals surface area contributed by atoms with Crippen molar-refractivity contribution in [2.24, 2.45) is 0 Å². The zero-order chi connectivity index (χ0) is 18.5. The molecule has 1 fully saturated rings. The van der Waals surface area contributed by atoms with Gasteiger partial charge >= 0.3 is 0 Å². The van der Waals surface area contributed by atoms with E-state index in [1.807, 2.05) is 17.9 Å². The molecule has 1 aliphatic rings. The average Bonchev–Trinajstić information content (AvgIpc) is 2.67. The Morgan fingerprint density at radius 3 is 2.54 bits per heavy atom. The number of hydrogen-bond donors (Lipinski definition) is 1. The Labute approximate surface area is 152 Å². The molecule has 0 unspecified atom stereocenters. The first-order valence-corrected chi connectivity index (χ1v) is 8.80. The number of piperidine rings is 1. The molecular weight excluding hydrogens is 330 g/mol. The van der Waals surface area contributed by atoms with Crippen LogP contribution in [0.15, 0.2) is 30.7 Å². The predicted octanol–water partition coefficient (Wildman–Crippen LogP) is 1.84. The van der Waals surface area contributed by atoms with E-state index in [0.29, 0.717) is 12.1 Å². The molecule has 0 atom stereocenters. The van der Waals surface area contributed by atoms with Gasteiger partial charge in [0.05, 0.1) is 23.5 Å². The van der Waals surface area contributed by atoms with Crippen LogP contribution < -0.4 is 5.32 Å². The molecule has 1 saturated heterocycles. The van der Waals surface area contributed by atoms with E-state index in [4.69, 9.17) is 0 Å². The van der Waals surface area contributed by atoms with Crippen LogP contribution in [0.3, 0.4) is 0 Å². The van der Waals surface area contributed by atoms with Crippen molar-refractivity contribution in [2.45, 2.75) is 39.2 Å². The third-order valence-electron chi connectivity index (χ3n) is 4.72. The molecule has 3 heterocycles. The van der Waals surface area contributed by atoms with Crippen molar-refractivity contribution in [1.29, 1.82) is 0 Å². The van der Waals surface area contributed by atoms with Gasteiger partial charge in [-0.05, 0) is 31.9 Å². The van der Waals surface area contributed by atoms with Crippen molar-refractivity contribution >= 4 is 11.8 Å². The van der Waals surface area contributed by atoms with E-state index >= 15 is 0 Å². The monoisotopic (exact) mass is 353 g/mol. The van der Waals surface area contributed by atoms with Crippen LogP contribution in [0, 0.1) is 6.92 Å². The maximum Gasteiger partial charge on any atom is 0.253 e. The molecule has 0 radical (unpaired) electrons. The summed E-state index contributed by atoms with van der Waals surface area (Å²) in [7, 11) is 0. The molecule has 1 N–H and O–H groups in total. The van der Waals surface area contributed by atoms with Gasteiger partial charge in [0.1, 0.15) is 0 Å². The first kappa shape index (κ1) is 18.0. The maximum atomic E-state index is 12.3. The lowest BCUT2D eigenvalue weighted by atomic mass is 9.92. The fourth-order valence-corrected chi connectivity index (χ4v) is 3.19. The molecule has 7 nitrogen and oxygen atoms in total. The topological polar surface area (TPSA) is 88.1 Å². The van der Waals surface area contributed by atoms with Crippen molar-refractivity contribution in [2.75, 3.05) is 13.1 Å². The Kier molecular flexibility index (Phi) is 5.55. The minimum atomic E-state index is -0.180. The highest BCUT2D eigenvalue weighted by Gasteiger charge is 2.25. The summed E-state index contributed by atoms with van der Waals surface area (Å²) in [6, 6.07) is 3.57. The summed E-state index contributed by atoms with van der Waals surface area (Å²) in [6.07, 6.45) is 6.62. The van der Waals surface area contributed by atoms with E-state index in [9.17, 15) is 9.59 Å². The van der Waals surface area contributed by atoms with Crippen LogP contribution in [0.4, 0.5) is 0 Å². The number of nitrogens with zero attached hydrogens (tertiary/aromatic N) is 4. The second-order valence-corrected chi connectivity index (χ2v) is 6.54. The molecule has 0 aliphatic carbocycles. The number of aromatic nitrogens is 3. The molecule has 7 heteroatoms. The normalized spacial score (nSPS) is 14.9. The van der Waals surface area contributed by atoms with Gasteiger partial charge < -0.3 is 10.2 Å². The van der Waals surface area contributed by atoms with Crippen molar-refractivity contribution in [3.05, 3.63) is 53.4 Å². The number of hydrogen-bond acceptors (Lipinski definition) is 5. The van der Waals surface area contributed by atoms with Gasteiger partial charge in [-0.2, -0.15) is 0 Å². The van der Waals surface area contributed by atoms with Crippen LogP contribution >= 0.6 is 0 Å². The summed E-state index contributed by atoms with van der Waals surface area (Å²) in [4.78, 5) is 38.7. The van der Waals surface area contributed by atoms with Crippen LogP contribution in [-0.2, 0) is 11.3 Å². The van der Waals surface area contributed by atoms with Gasteiger partial charge in [-0.25, -0.2) is 0 Å². The highest BCUT2D eigenvalue weighted by atomic mass is 16.2. The molecule has 26 heavy (non-hydrogen) atoms. The first-order chi connectivity index (χ1) is 12.5. The molecule has 0 saturated carbocycles. The van der Waals surface area contributed by atoms with E-state index in [2.05, 4.69) is 20.3 Å². The Balaban J connectivity index is 1.65. The lowest BCUT2D eigenvalue weighted by molar-refractivity contribution is -0.129. The van der Waals surface area contributed by atoms with Gasteiger partial charge in [-0.1, -0.05) is 0 Å². The number of nitrogens with one attached hydrogen (secondary N) is 1. The number of amides is 2. The second kappa shape index (κ2) is 8.03. The Hall–Kier alpha value is -2.83. The van der Waals surface area contributed by atoms with Crippen LogP contribution in [-0.4, -0.2) is 44.8 Å². The third kappa shape index (κ3) is 4.22. The summed E-state index contributed by atoms with van der Waals surface area (Å²) in [6.45, 7) is 5.27. The van der Waals surface area contributed by atoms with E-state index in [0.717, 1.165) is 43.0 Å². The summed E-state index contributed by atoms with van der Waals surface area (Å²) >= 11 is 0. The second-order valence-electron chi connectivity index (χ2n) is 6.54. The minimum absolute atomic E-state index is 0.113. The predicted molar refractivity (Wildman–Crippen MR) is 96.4 cm³/mol. The van der Waals surface area contributed by atoms with Crippen LogP contribution in [0.1, 0.15) is 53.1 Å².